The molecule has 2 heterocycles. The van der Waals surface area contributed by atoms with Gasteiger partial charge in [-0.3, -0.25) is 9.69 Å². The molecule has 9 heteroatoms. The molecular formula is C13H21N3O5S. The van der Waals surface area contributed by atoms with E-state index in [4.69, 9.17) is 9.15 Å². The fourth-order valence-electron chi connectivity index (χ4n) is 2.00. The molecule has 0 radical (unpaired) electrons. The molecule has 22 heavy (non-hydrogen) atoms. The quantitative estimate of drug-likeness (QED) is 0.762. The van der Waals surface area contributed by atoms with E-state index >= 15 is 0 Å². The Kier molecular flexibility index (Phi) is 5.57. The van der Waals surface area contributed by atoms with E-state index in [1.165, 1.54) is 26.2 Å². The second-order valence-corrected chi connectivity index (χ2v) is 7.20. The summed E-state index contributed by atoms with van der Waals surface area (Å²) in [4.78, 5) is 14.1. The number of nitrogens with one attached hydrogen (secondary N) is 1. The van der Waals surface area contributed by atoms with Crippen molar-refractivity contribution in [1.29, 1.82) is 0 Å². The number of amides is 1. The average Bonchev–Trinajstić information content (AvgIpc) is 2.98. The summed E-state index contributed by atoms with van der Waals surface area (Å²) in [6.07, 6.45) is 0. The van der Waals surface area contributed by atoms with Crippen LogP contribution in [0.15, 0.2) is 21.6 Å². The van der Waals surface area contributed by atoms with E-state index in [9.17, 15) is 13.2 Å². The maximum Gasteiger partial charge on any atom is 0.287 e. The minimum Gasteiger partial charge on any atom is -0.438 e. The number of sulfonamides is 1. The summed E-state index contributed by atoms with van der Waals surface area (Å²) in [7, 11) is -0.857. The molecule has 8 nitrogen and oxygen atoms in total. The number of morpholine rings is 1. The molecule has 1 aromatic heterocycles. The number of carbonyl (C=O) groups excluding carboxylic acids is 1. The second-order valence-electron chi connectivity index (χ2n) is 5.12. The first kappa shape index (κ1) is 16.9. The SMILES string of the molecule is CN(C)S(=O)(=O)c1ccc(C(=O)NCCN2CCOCC2)o1. The van der Waals surface area contributed by atoms with Gasteiger partial charge in [-0.2, -0.15) is 0 Å². The van der Waals surface area contributed by atoms with Gasteiger partial charge in [0.1, 0.15) is 0 Å². The van der Waals surface area contributed by atoms with E-state index in [0.29, 0.717) is 19.8 Å². The van der Waals surface area contributed by atoms with Crippen LogP contribution in [-0.4, -0.2) is 77.0 Å². The number of carbonyl (C=O) groups is 1. The van der Waals surface area contributed by atoms with Crippen molar-refractivity contribution in [3.8, 4) is 0 Å². The molecule has 2 rings (SSSR count). The molecule has 1 saturated heterocycles. The van der Waals surface area contributed by atoms with Crippen LogP contribution in [0.1, 0.15) is 10.6 Å². The van der Waals surface area contributed by atoms with Crippen LogP contribution in [0, 0.1) is 0 Å². The number of nitrogens with zero attached hydrogens (tertiary/aromatic N) is 2. The lowest BCUT2D eigenvalue weighted by molar-refractivity contribution is 0.0382. The van der Waals surface area contributed by atoms with E-state index in [2.05, 4.69) is 10.2 Å². The monoisotopic (exact) mass is 331 g/mol. The summed E-state index contributed by atoms with van der Waals surface area (Å²) in [6, 6.07) is 2.65. The summed E-state index contributed by atoms with van der Waals surface area (Å²) < 4.78 is 35.2. The molecule has 1 aliphatic rings. The van der Waals surface area contributed by atoms with Crippen molar-refractivity contribution in [2.24, 2.45) is 0 Å². The molecule has 1 aliphatic heterocycles. The summed E-state index contributed by atoms with van der Waals surface area (Å²) in [5.41, 5.74) is 0. The van der Waals surface area contributed by atoms with E-state index in [1.54, 1.807) is 0 Å². The van der Waals surface area contributed by atoms with Gasteiger partial charge in [0.25, 0.3) is 15.9 Å². The fraction of sp³-hybridized carbons (Fsp3) is 0.615. The number of furan rings is 1. The lowest BCUT2D eigenvalue weighted by atomic mass is 10.4. The Morgan fingerprint density at radius 1 is 1.32 bits per heavy atom. The summed E-state index contributed by atoms with van der Waals surface area (Å²) in [5, 5.41) is 2.48. The predicted molar refractivity (Wildman–Crippen MR) is 79.2 cm³/mol. The maximum absolute atomic E-state index is 11.9. The predicted octanol–water partition coefficient (Wildman–Crippen LogP) is -0.408. The molecule has 0 atom stereocenters. The van der Waals surface area contributed by atoms with Crippen LogP contribution in [0.3, 0.4) is 0 Å². The van der Waals surface area contributed by atoms with Crippen LogP contribution in [0.4, 0.5) is 0 Å². The van der Waals surface area contributed by atoms with Crippen LogP contribution < -0.4 is 5.32 Å². The van der Waals surface area contributed by atoms with E-state index in [0.717, 1.165) is 23.9 Å². The van der Waals surface area contributed by atoms with Gasteiger partial charge < -0.3 is 14.5 Å². The number of hydrogen-bond donors (Lipinski definition) is 1. The van der Waals surface area contributed by atoms with Gasteiger partial charge in [-0.15, -0.1) is 0 Å². The smallest absolute Gasteiger partial charge is 0.287 e. The summed E-state index contributed by atoms with van der Waals surface area (Å²) in [5.74, 6) is -0.434. The van der Waals surface area contributed by atoms with Crippen LogP contribution in [0.5, 0.6) is 0 Å². The van der Waals surface area contributed by atoms with Crippen LogP contribution in [0.25, 0.3) is 0 Å². The van der Waals surface area contributed by atoms with E-state index < -0.39 is 15.9 Å². The van der Waals surface area contributed by atoms with Crippen LogP contribution in [-0.2, 0) is 14.8 Å². The highest BCUT2D eigenvalue weighted by Gasteiger charge is 2.23. The molecule has 0 aliphatic carbocycles. The number of rotatable bonds is 6. The van der Waals surface area contributed by atoms with E-state index in [-0.39, 0.29) is 10.9 Å². The van der Waals surface area contributed by atoms with Gasteiger partial charge in [0, 0.05) is 40.3 Å². The second kappa shape index (κ2) is 7.23. The number of hydrogen-bond acceptors (Lipinski definition) is 6. The lowest BCUT2D eigenvalue weighted by Gasteiger charge is -2.26. The Labute approximate surface area is 130 Å². The Hall–Kier alpha value is -1.42. The number of ether oxygens (including phenoxy) is 1. The van der Waals surface area contributed by atoms with Crippen molar-refractivity contribution in [1.82, 2.24) is 14.5 Å². The normalized spacial score (nSPS) is 16.9. The molecule has 0 aromatic carbocycles. The Balaban J connectivity index is 1.86. The van der Waals surface area contributed by atoms with Crippen molar-refractivity contribution in [3.05, 3.63) is 17.9 Å². The van der Waals surface area contributed by atoms with Gasteiger partial charge in [-0.25, -0.2) is 12.7 Å². The zero-order valence-electron chi connectivity index (χ0n) is 12.7. The molecule has 1 amide bonds. The standard InChI is InChI=1S/C13H21N3O5S/c1-15(2)22(18,19)12-4-3-11(21-12)13(17)14-5-6-16-7-9-20-10-8-16/h3-4H,5-10H2,1-2H3,(H,14,17). The van der Waals surface area contributed by atoms with Gasteiger partial charge in [0.05, 0.1) is 13.2 Å². The maximum atomic E-state index is 11.9. The fourth-order valence-corrected chi connectivity index (χ4v) is 2.80. The van der Waals surface area contributed by atoms with Crippen LogP contribution in [0.2, 0.25) is 0 Å². The first-order valence-corrected chi connectivity index (χ1v) is 8.46. The topological polar surface area (TPSA) is 92.1 Å². The third-order valence-corrected chi connectivity index (χ3v) is 5.05. The first-order valence-electron chi connectivity index (χ1n) is 7.02. The molecule has 1 N–H and O–H groups in total. The van der Waals surface area contributed by atoms with Crippen molar-refractivity contribution in [3.63, 3.8) is 0 Å². The molecule has 0 unspecified atom stereocenters. The Morgan fingerprint density at radius 2 is 2.00 bits per heavy atom. The zero-order chi connectivity index (χ0) is 16.2. The van der Waals surface area contributed by atoms with Crippen molar-refractivity contribution in [2.45, 2.75) is 5.09 Å². The molecule has 0 bridgehead atoms. The lowest BCUT2D eigenvalue weighted by Crippen LogP contribution is -2.41. The largest absolute Gasteiger partial charge is 0.438 e. The Bertz CT molecular complexity index is 605. The van der Waals surface area contributed by atoms with Crippen LogP contribution >= 0.6 is 0 Å². The molecule has 0 saturated carbocycles. The highest BCUT2D eigenvalue weighted by molar-refractivity contribution is 7.88. The molecular weight excluding hydrogens is 310 g/mol. The third kappa shape index (κ3) is 4.07. The molecule has 1 fully saturated rings. The highest BCUT2D eigenvalue weighted by atomic mass is 32.2. The summed E-state index contributed by atoms with van der Waals surface area (Å²) in [6.45, 7) is 4.30. The van der Waals surface area contributed by atoms with Crippen molar-refractivity contribution in [2.75, 3.05) is 53.5 Å². The van der Waals surface area contributed by atoms with Gasteiger partial charge in [-0.05, 0) is 12.1 Å². The highest BCUT2D eigenvalue weighted by Crippen LogP contribution is 2.16. The van der Waals surface area contributed by atoms with Crippen molar-refractivity contribution >= 4 is 15.9 Å². The molecule has 124 valence electrons. The zero-order valence-corrected chi connectivity index (χ0v) is 13.6. The molecule has 1 aromatic rings. The third-order valence-electron chi connectivity index (χ3n) is 3.36. The minimum absolute atomic E-state index is 0.0117. The minimum atomic E-state index is -3.66. The molecule has 0 spiro atoms. The first-order chi connectivity index (χ1) is 10.4. The van der Waals surface area contributed by atoms with Gasteiger partial charge in [0.2, 0.25) is 5.09 Å². The van der Waals surface area contributed by atoms with E-state index in [1.807, 2.05) is 0 Å². The van der Waals surface area contributed by atoms with Crippen molar-refractivity contribution < 1.29 is 22.4 Å². The average molecular weight is 331 g/mol. The van der Waals surface area contributed by atoms with Gasteiger partial charge in [-0.1, -0.05) is 0 Å². The Morgan fingerprint density at radius 3 is 2.64 bits per heavy atom. The van der Waals surface area contributed by atoms with Gasteiger partial charge >= 0.3 is 0 Å². The van der Waals surface area contributed by atoms with Gasteiger partial charge in [0.15, 0.2) is 5.76 Å². The summed E-state index contributed by atoms with van der Waals surface area (Å²) >= 11 is 0.